The van der Waals surface area contributed by atoms with E-state index in [1.807, 2.05) is 54.6 Å². The van der Waals surface area contributed by atoms with E-state index in [0.29, 0.717) is 0 Å². The topological polar surface area (TPSA) is 47.0 Å². The molecular formula is C19H15N3OS. The molecule has 118 valence electrons. The third-order valence-corrected chi connectivity index (χ3v) is 4.51. The molecule has 4 nitrogen and oxygen atoms in total. The maximum absolute atomic E-state index is 5.81. The van der Waals surface area contributed by atoms with Crippen molar-refractivity contribution in [3.05, 3.63) is 71.9 Å². The zero-order valence-electron chi connectivity index (χ0n) is 13.1. The van der Waals surface area contributed by atoms with Crippen LogP contribution in [0.25, 0.3) is 10.2 Å². The summed E-state index contributed by atoms with van der Waals surface area (Å²) in [4.78, 5) is 10.9. The minimum Gasteiger partial charge on any atom is -0.457 e. The molecule has 4 aromatic rings. The van der Waals surface area contributed by atoms with Gasteiger partial charge in [0.15, 0.2) is 0 Å². The maximum Gasteiger partial charge on any atom is 0.142 e. The molecule has 0 saturated heterocycles. The third-order valence-electron chi connectivity index (χ3n) is 3.55. The van der Waals surface area contributed by atoms with Crippen LogP contribution >= 0.6 is 11.3 Å². The van der Waals surface area contributed by atoms with Crippen molar-refractivity contribution in [2.45, 2.75) is 6.92 Å². The van der Waals surface area contributed by atoms with E-state index in [-0.39, 0.29) is 0 Å². The van der Waals surface area contributed by atoms with E-state index in [1.54, 1.807) is 17.7 Å². The summed E-state index contributed by atoms with van der Waals surface area (Å²) < 4.78 is 5.81. The van der Waals surface area contributed by atoms with Crippen LogP contribution in [-0.4, -0.2) is 9.97 Å². The Labute approximate surface area is 143 Å². The Morgan fingerprint density at radius 1 is 0.917 bits per heavy atom. The van der Waals surface area contributed by atoms with E-state index in [0.717, 1.165) is 33.2 Å². The fraction of sp³-hybridized carbons (Fsp3) is 0.0526. The number of aromatic nitrogens is 2. The number of nitrogens with one attached hydrogen (secondary N) is 1. The van der Waals surface area contributed by atoms with E-state index in [1.165, 1.54) is 4.88 Å². The standard InChI is InChI=1S/C19H15N3OS/c1-13-11-17-18(20-12-21-19(17)24-13)22-14-7-9-16(10-8-14)23-15-5-3-2-4-6-15/h2-12H,1H3,(H,20,21,22). The summed E-state index contributed by atoms with van der Waals surface area (Å²) in [6, 6.07) is 19.7. The zero-order chi connectivity index (χ0) is 16.4. The van der Waals surface area contributed by atoms with Crippen molar-refractivity contribution in [2.75, 3.05) is 5.32 Å². The Balaban J connectivity index is 1.54. The van der Waals surface area contributed by atoms with E-state index >= 15 is 0 Å². The molecule has 0 radical (unpaired) electrons. The molecular weight excluding hydrogens is 318 g/mol. The summed E-state index contributed by atoms with van der Waals surface area (Å²) in [5.74, 6) is 2.44. The first kappa shape index (κ1) is 14.7. The number of para-hydroxylation sites is 1. The van der Waals surface area contributed by atoms with Gasteiger partial charge in [0, 0.05) is 10.6 Å². The molecule has 0 atom stereocenters. The number of aryl methyl sites for hydroxylation is 1. The number of fused-ring (bicyclic) bond motifs is 1. The Kier molecular flexibility index (Phi) is 3.84. The van der Waals surface area contributed by atoms with Crippen LogP contribution in [0.2, 0.25) is 0 Å². The van der Waals surface area contributed by atoms with Crippen molar-refractivity contribution in [3.63, 3.8) is 0 Å². The molecule has 0 aliphatic heterocycles. The van der Waals surface area contributed by atoms with Crippen LogP contribution in [0.1, 0.15) is 4.88 Å². The molecule has 0 saturated carbocycles. The van der Waals surface area contributed by atoms with Crippen molar-refractivity contribution in [1.82, 2.24) is 9.97 Å². The SMILES string of the molecule is Cc1cc2c(Nc3ccc(Oc4ccccc4)cc3)ncnc2s1. The highest BCUT2D eigenvalue weighted by atomic mass is 32.1. The average molecular weight is 333 g/mol. The van der Waals surface area contributed by atoms with Gasteiger partial charge in [0.2, 0.25) is 0 Å². The van der Waals surface area contributed by atoms with Gasteiger partial charge in [-0.1, -0.05) is 18.2 Å². The third kappa shape index (κ3) is 3.07. The van der Waals surface area contributed by atoms with Crippen molar-refractivity contribution < 1.29 is 4.74 Å². The summed E-state index contributed by atoms with van der Waals surface area (Å²) in [7, 11) is 0. The van der Waals surface area contributed by atoms with E-state index in [2.05, 4.69) is 28.3 Å². The molecule has 2 aromatic carbocycles. The van der Waals surface area contributed by atoms with Crippen LogP contribution in [0, 0.1) is 6.92 Å². The number of benzene rings is 2. The molecule has 5 heteroatoms. The number of anilines is 2. The highest BCUT2D eigenvalue weighted by Gasteiger charge is 2.07. The largest absolute Gasteiger partial charge is 0.457 e. The van der Waals surface area contributed by atoms with Crippen LogP contribution in [0.15, 0.2) is 67.0 Å². The lowest BCUT2D eigenvalue weighted by atomic mass is 10.2. The predicted octanol–water partition coefficient (Wildman–Crippen LogP) is 5.54. The van der Waals surface area contributed by atoms with Crippen molar-refractivity contribution >= 4 is 33.1 Å². The van der Waals surface area contributed by atoms with E-state index < -0.39 is 0 Å². The van der Waals surface area contributed by atoms with Gasteiger partial charge in [0.05, 0.1) is 5.39 Å². The van der Waals surface area contributed by atoms with Gasteiger partial charge in [-0.2, -0.15) is 0 Å². The number of thiophene rings is 1. The number of rotatable bonds is 4. The zero-order valence-corrected chi connectivity index (χ0v) is 13.9. The molecule has 1 N–H and O–H groups in total. The van der Waals surface area contributed by atoms with Crippen LogP contribution in [0.5, 0.6) is 11.5 Å². The van der Waals surface area contributed by atoms with Gasteiger partial charge in [-0.3, -0.25) is 0 Å². The molecule has 4 rings (SSSR count). The van der Waals surface area contributed by atoms with Crippen LogP contribution in [0.4, 0.5) is 11.5 Å². The summed E-state index contributed by atoms with van der Waals surface area (Å²) in [6.45, 7) is 2.08. The second-order valence-electron chi connectivity index (χ2n) is 5.36. The lowest BCUT2D eigenvalue weighted by molar-refractivity contribution is 0.483. The van der Waals surface area contributed by atoms with E-state index in [9.17, 15) is 0 Å². The van der Waals surface area contributed by atoms with Crippen LogP contribution in [0.3, 0.4) is 0 Å². The van der Waals surface area contributed by atoms with Crippen LogP contribution < -0.4 is 10.1 Å². The van der Waals surface area contributed by atoms with Crippen molar-refractivity contribution in [3.8, 4) is 11.5 Å². The minimum atomic E-state index is 0.797. The second-order valence-corrected chi connectivity index (χ2v) is 6.60. The number of hydrogen-bond acceptors (Lipinski definition) is 5. The lowest BCUT2D eigenvalue weighted by Gasteiger charge is -2.08. The summed E-state index contributed by atoms with van der Waals surface area (Å²) >= 11 is 1.67. The minimum absolute atomic E-state index is 0.797. The molecule has 0 bridgehead atoms. The molecule has 0 amide bonds. The van der Waals surface area contributed by atoms with Gasteiger partial charge in [0.1, 0.15) is 28.5 Å². The summed E-state index contributed by atoms with van der Waals surface area (Å²) in [5, 5.41) is 4.40. The summed E-state index contributed by atoms with van der Waals surface area (Å²) in [5.41, 5.74) is 0.958. The molecule has 0 aliphatic carbocycles. The average Bonchev–Trinajstić information content (AvgIpc) is 2.99. The quantitative estimate of drug-likeness (QED) is 0.533. The molecule has 0 spiro atoms. The van der Waals surface area contributed by atoms with Gasteiger partial charge in [0.25, 0.3) is 0 Å². The second kappa shape index (κ2) is 6.29. The molecule has 0 unspecified atom stereocenters. The summed E-state index contributed by atoms with van der Waals surface area (Å²) in [6.07, 6.45) is 1.59. The van der Waals surface area contributed by atoms with Gasteiger partial charge in [-0.15, -0.1) is 11.3 Å². The smallest absolute Gasteiger partial charge is 0.142 e. The highest BCUT2D eigenvalue weighted by molar-refractivity contribution is 7.18. The fourth-order valence-electron chi connectivity index (χ4n) is 2.44. The van der Waals surface area contributed by atoms with E-state index in [4.69, 9.17) is 4.74 Å². The Hall–Kier alpha value is -2.92. The molecule has 0 fully saturated rings. The Bertz CT molecular complexity index is 965. The number of ether oxygens (including phenoxy) is 1. The first-order valence-corrected chi connectivity index (χ1v) is 8.41. The maximum atomic E-state index is 5.81. The normalized spacial score (nSPS) is 10.7. The molecule has 24 heavy (non-hydrogen) atoms. The van der Waals surface area contributed by atoms with Gasteiger partial charge < -0.3 is 10.1 Å². The lowest BCUT2D eigenvalue weighted by Crippen LogP contribution is -1.94. The first-order chi connectivity index (χ1) is 11.8. The monoisotopic (exact) mass is 333 g/mol. The van der Waals surface area contributed by atoms with Gasteiger partial charge >= 0.3 is 0 Å². The van der Waals surface area contributed by atoms with Gasteiger partial charge in [-0.25, -0.2) is 9.97 Å². The predicted molar refractivity (Wildman–Crippen MR) is 98.4 cm³/mol. The number of hydrogen-bond donors (Lipinski definition) is 1. The van der Waals surface area contributed by atoms with Crippen LogP contribution in [-0.2, 0) is 0 Å². The Morgan fingerprint density at radius 2 is 1.67 bits per heavy atom. The first-order valence-electron chi connectivity index (χ1n) is 7.59. The van der Waals surface area contributed by atoms with Crippen molar-refractivity contribution in [1.29, 1.82) is 0 Å². The highest BCUT2D eigenvalue weighted by Crippen LogP contribution is 2.30. The molecule has 0 aliphatic rings. The molecule has 2 heterocycles. The molecule has 2 aromatic heterocycles. The fourth-order valence-corrected chi connectivity index (χ4v) is 3.29. The Morgan fingerprint density at radius 3 is 2.46 bits per heavy atom. The van der Waals surface area contributed by atoms with Gasteiger partial charge in [-0.05, 0) is 49.4 Å². The van der Waals surface area contributed by atoms with Crippen molar-refractivity contribution in [2.24, 2.45) is 0 Å². The number of nitrogens with zero attached hydrogens (tertiary/aromatic N) is 2.